The first kappa shape index (κ1) is 14.3. The van der Waals surface area contributed by atoms with Crippen LogP contribution in [0.4, 0.5) is 0 Å². The van der Waals surface area contributed by atoms with E-state index in [1.54, 1.807) is 25.6 Å². The summed E-state index contributed by atoms with van der Waals surface area (Å²) in [5.41, 5.74) is 3.06. The third-order valence-corrected chi connectivity index (χ3v) is 4.52. The topological polar surface area (TPSA) is 44.1 Å². The Morgan fingerprint density at radius 1 is 1.38 bits per heavy atom. The minimum absolute atomic E-state index is 0.0872. The number of carbonyl (C=O) groups is 1. The fraction of sp³-hybridized carbons (Fsp3) is 0.375. The molecule has 1 aliphatic carbocycles. The highest BCUT2D eigenvalue weighted by molar-refractivity contribution is 9.10. The summed E-state index contributed by atoms with van der Waals surface area (Å²) in [5.74, 6) is 0.815. The fourth-order valence-electron chi connectivity index (χ4n) is 2.75. The van der Waals surface area contributed by atoms with Gasteiger partial charge in [-0.2, -0.15) is 0 Å². The lowest BCUT2D eigenvalue weighted by molar-refractivity contribution is 0.0971. The summed E-state index contributed by atoms with van der Waals surface area (Å²) in [5, 5.41) is 0. The summed E-state index contributed by atoms with van der Waals surface area (Å²) in [6.45, 7) is 0.348. The van der Waals surface area contributed by atoms with Crippen LogP contribution in [-0.2, 0) is 19.4 Å². The molecule has 0 atom stereocenters. The van der Waals surface area contributed by atoms with Gasteiger partial charge in [0.05, 0.1) is 30.1 Å². The highest BCUT2D eigenvalue weighted by Gasteiger charge is 2.17. The van der Waals surface area contributed by atoms with Crippen LogP contribution in [0.3, 0.4) is 0 Å². The first-order valence-electron chi connectivity index (χ1n) is 7.08. The quantitative estimate of drug-likeness (QED) is 0.795. The summed E-state index contributed by atoms with van der Waals surface area (Å²) in [4.78, 5) is 16.9. The molecule has 0 saturated carbocycles. The van der Waals surface area contributed by atoms with Crippen molar-refractivity contribution in [3.05, 3.63) is 46.0 Å². The number of ketones is 1. The van der Waals surface area contributed by atoms with Gasteiger partial charge in [0.15, 0.2) is 5.78 Å². The number of halogens is 1. The number of aromatic nitrogens is 2. The molecule has 110 valence electrons. The van der Waals surface area contributed by atoms with Crippen LogP contribution in [0, 0.1) is 0 Å². The van der Waals surface area contributed by atoms with E-state index in [1.165, 1.54) is 18.5 Å². The zero-order chi connectivity index (χ0) is 14.8. The van der Waals surface area contributed by atoms with E-state index in [4.69, 9.17) is 4.74 Å². The predicted octanol–water partition coefficient (Wildman–Crippen LogP) is 3.42. The van der Waals surface area contributed by atoms with Crippen LogP contribution in [0.2, 0.25) is 0 Å². The Hall–Kier alpha value is -1.62. The predicted molar refractivity (Wildman–Crippen MR) is 83.9 cm³/mol. The van der Waals surface area contributed by atoms with Gasteiger partial charge < -0.3 is 9.30 Å². The molecule has 0 spiro atoms. The van der Waals surface area contributed by atoms with Gasteiger partial charge in [0.2, 0.25) is 0 Å². The minimum atomic E-state index is 0.0872. The number of nitrogens with zero attached hydrogens (tertiary/aromatic N) is 2. The van der Waals surface area contributed by atoms with Crippen LogP contribution < -0.4 is 4.74 Å². The Morgan fingerprint density at radius 3 is 2.95 bits per heavy atom. The summed E-state index contributed by atoms with van der Waals surface area (Å²) in [6.07, 6.45) is 6.23. The molecule has 0 bridgehead atoms. The molecule has 0 amide bonds. The Morgan fingerprint density at radius 2 is 2.19 bits per heavy atom. The Kier molecular flexibility index (Phi) is 4.10. The van der Waals surface area contributed by atoms with Crippen LogP contribution in [0.25, 0.3) is 0 Å². The van der Waals surface area contributed by atoms with Crippen molar-refractivity contribution in [2.75, 3.05) is 7.11 Å². The molecule has 1 aromatic carbocycles. The van der Waals surface area contributed by atoms with Crippen molar-refractivity contribution in [2.24, 2.45) is 0 Å². The number of methoxy groups -OCH3 is 1. The number of benzene rings is 1. The summed E-state index contributed by atoms with van der Waals surface area (Å²) < 4.78 is 7.98. The SMILES string of the molecule is COc1ccc(C(=O)Cn2cnc3c2CCCC3)cc1Br. The van der Waals surface area contributed by atoms with Crippen LogP contribution in [-0.4, -0.2) is 22.4 Å². The third kappa shape index (κ3) is 2.88. The van der Waals surface area contributed by atoms with E-state index >= 15 is 0 Å². The maximum atomic E-state index is 12.4. The Balaban J connectivity index is 1.80. The minimum Gasteiger partial charge on any atom is -0.496 e. The fourth-order valence-corrected chi connectivity index (χ4v) is 3.29. The van der Waals surface area contributed by atoms with Crippen LogP contribution in [0.15, 0.2) is 29.0 Å². The van der Waals surface area contributed by atoms with Crippen molar-refractivity contribution in [3.63, 3.8) is 0 Å². The average molecular weight is 349 g/mol. The molecule has 0 N–H and O–H groups in total. The number of hydrogen-bond donors (Lipinski definition) is 0. The maximum absolute atomic E-state index is 12.4. The Bertz CT molecular complexity index is 679. The van der Waals surface area contributed by atoms with E-state index in [2.05, 4.69) is 20.9 Å². The number of Topliss-reactive ketones (excluding diaryl/α,β-unsaturated/α-hetero) is 1. The average Bonchev–Trinajstić information content (AvgIpc) is 2.90. The van der Waals surface area contributed by atoms with Gasteiger partial charge >= 0.3 is 0 Å². The van der Waals surface area contributed by atoms with E-state index in [0.29, 0.717) is 12.1 Å². The zero-order valence-corrected chi connectivity index (χ0v) is 13.5. The van der Waals surface area contributed by atoms with Crippen molar-refractivity contribution in [1.82, 2.24) is 9.55 Å². The van der Waals surface area contributed by atoms with Crippen molar-refractivity contribution >= 4 is 21.7 Å². The van der Waals surface area contributed by atoms with E-state index in [-0.39, 0.29) is 5.78 Å². The van der Waals surface area contributed by atoms with Crippen molar-refractivity contribution in [1.29, 1.82) is 0 Å². The van der Waals surface area contributed by atoms with Gasteiger partial charge in [-0.15, -0.1) is 0 Å². The standard InChI is InChI=1S/C16H17BrN2O2/c1-21-16-7-6-11(8-12(16)17)15(20)9-19-10-18-13-4-2-3-5-14(13)19/h6-8,10H,2-5,9H2,1H3. The number of carbonyl (C=O) groups excluding carboxylic acids is 1. The molecule has 4 nitrogen and oxygen atoms in total. The lowest BCUT2D eigenvalue weighted by Gasteiger charge is -2.13. The molecule has 0 fully saturated rings. The molecule has 0 radical (unpaired) electrons. The second kappa shape index (κ2) is 6.02. The van der Waals surface area contributed by atoms with Crippen LogP contribution in [0.5, 0.6) is 5.75 Å². The van der Waals surface area contributed by atoms with E-state index in [9.17, 15) is 4.79 Å². The summed E-state index contributed by atoms with van der Waals surface area (Å²) in [7, 11) is 1.61. The van der Waals surface area contributed by atoms with Crippen molar-refractivity contribution in [2.45, 2.75) is 32.2 Å². The van der Waals surface area contributed by atoms with Gasteiger partial charge in [0.25, 0.3) is 0 Å². The van der Waals surface area contributed by atoms with Gasteiger partial charge in [0, 0.05) is 11.3 Å². The van der Waals surface area contributed by atoms with Crippen LogP contribution >= 0.6 is 15.9 Å². The second-order valence-corrected chi connectivity index (χ2v) is 6.10. The number of fused-ring (bicyclic) bond motifs is 1. The molecular formula is C16H17BrN2O2. The molecular weight excluding hydrogens is 332 g/mol. The highest BCUT2D eigenvalue weighted by Crippen LogP contribution is 2.26. The molecule has 2 aromatic rings. The number of ether oxygens (including phenoxy) is 1. The molecule has 1 aliphatic rings. The van der Waals surface area contributed by atoms with Gasteiger partial charge in [-0.05, 0) is 59.8 Å². The van der Waals surface area contributed by atoms with E-state index in [0.717, 1.165) is 28.8 Å². The van der Waals surface area contributed by atoms with Crippen molar-refractivity contribution < 1.29 is 9.53 Å². The highest BCUT2D eigenvalue weighted by atomic mass is 79.9. The zero-order valence-electron chi connectivity index (χ0n) is 11.9. The van der Waals surface area contributed by atoms with Gasteiger partial charge in [-0.3, -0.25) is 4.79 Å². The number of hydrogen-bond acceptors (Lipinski definition) is 3. The largest absolute Gasteiger partial charge is 0.496 e. The number of aryl methyl sites for hydroxylation is 1. The molecule has 3 rings (SSSR count). The molecule has 0 unspecified atom stereocenters. The molecule has 0 aliphatic heterocycles. The third-order valence-electron chi connectivity index (χ3n) is 3.90. The van der Waals surface area contributed by atoms with Gasteiger partial charge in [-0.1, -0.05) is 0 Å². The summed E-state index contributed by atoms with van der Waals surface area (Å²) in [6, 6.07) is 5.42. The van der Waals surface area contributed by atoms with Gasteiger partial charge in [0.1, 0.15) is 5.75 Å². The second-order valence-electron chi connectivity index (χ2n) is 5.25. The smallest absolute Gasteiger partial charge is 0.182 e. The molecule has 21 heavy (non-hydrogen) atoms. The monoisotopic (exact) mass is 348 g/mol. The van der Waals surface area contributed by atoms with E-state index in [1.807, 2.05) is 10.6 Å². The lowest BCUT2D eigenvalue weighted by atomic mass is 10.0. The summed E-state index contributed by atoms with van der Waals surface area (Å²) >= 11 is 3.42. The first-order chi connectivity index (χ1) is 10.2. The number of imidazole rings is 1. The number of rotatable bonds is 4. The maximum Gasteiger partial charge on any atom is 0.182 e. The van der Waals surface area contributed by atoms with Crippen molar-refractivity contribution in [3.8, 4) is 5.75 Å². The normalized spacial score (nSPS) is 13.8. The molecule has 1 aromatic heterocycles. The molecule has 5 heteroatoms. The first-order valence-corrected chi connectivity index (χ1v) is 7.88. The Labute approximate surface area is 132 Å². The lowest BCUT2D eigenvalue weighted by Crippen LogP contribution is -2.14. The van der Waals surface area contributed by atoms with Crippen LogP contribution in [0.1, 0.15) is 34.6 Å². The molecule has 0 saturated heterocycles. The van der Waals surface area contributed by atoms with E-state index < -0.39 is 0 Å². The molecule has 1 heterocycles. The van der Waals surface area contributed by atoms with Gasteiger partial charge in [-0.25, -0.2) is 4.98 Å².